The van der Waals surface area contributed by atoms with Crippen LogP contribution >= 0.6 is 15.6 Å². The average molecular weight is 1570 g/mol. The van der Waals surface area contributed by atoms with Crippen molar-refractivity contribution in [1.82, 2.24) is 0 Å². The molecule has 0 rings (SSSR count). The SMILES string of the molecule is CC/C=C\C/C=C\C/C=C\C/C=C\C/C=C\C/C=C\CCC(=O)O[C@H](COC(=O)CCCCC/C=C\C/C=C\C/C=C\C/C=C\C/C=C\CC)COP(=O)(O)OC[C@@H](O)COP(=O)(O)OC[C@@H](COC(=O)CCCCC/C=C\C/C=C\C/C=C\C/C=C\C/C=C\CC)OC(=O)CCCCCCC/C=C\CCCCCC. The Kier molecular flexibility index (Phi) is 76.0. The first-order valence-corrected chi connectivity index (χ1v) is 44.3. The fraction of sp³-hybridized carbons (Fsp3) is 0.582. The summed E-state index contributed by atoms with van der Waals surface area (Å²) >= 11 is 0. The number of carbonyl (C=O) groups excluding carboxylic acids is 4. The van der Waals surface area contributed by atoms with E-state index in [1.54, 1.807) is 0 Å². The van der Waals surface area contributed by atoms with Crippen molar-refractivity contribution in [3.63, 3.8) is 0 Å². The topological polar surface area (TPSA) is 237 Å². The van der Waals surface area contributed by atoms with Crippen LogP contribution < -0.4 is 0 Å². The number of hydrogen-bond acceptors (Lipinski definition) is 15. The third kappa shape index (κ3) is 79.7. The van der Waals surface area contributed by atoms with Gasteiger partial charge in [-0.25, -0.2) is 9.13 Å². The lowest BCUT2D eigenvalue weighted by Gasteiger charge is -2.21. The van der Waals surface area contributed by atoms with E-state index in [1.807, 2.05) is 18.2 Å². The predicted octanol–water partition coefficient (Wildman–Crippen LogP) is 24.7. The number of ether oxygens (including phenoxy) is 4. The van der Waals surface area contributed by atoms with Gasteiger partial charge >= 0.3 is 39.5 Å². The first kappa shape index (κ1) is 104. The Labute approximate surface area is 665 Å². The first-order chi connectivity index (χ1) is 53.7. The van der Waals surface area contributed by atoms with Crippen molar-refractivity contribution >= 4 is 39.5 Å². The first-order valence-electron chi connectivity index (χ1n) is 41.3. The highest BCUT2D eigenvalue weighted by molar-refractivity contribution is 7.47. The van der Waals surface area contributed by atoms with Gasteiger partial charge in [0.05, 0.1) is 26.4 Å². The van der Waals surface area contributed by atoms with Crippen LogP contribution in [0.1, 0.15) is 285 Å². The van der Waals surface area contributed by atoms with Crippen molar-refractivity contribution in [3.05, 3.63) is 207 Å². The Bertz CT molecular complexity index is 2900. The Morgan fingerprint density at radius 3 is 0.800 bits per heavy atom. The van der Waals surface area contributed by atoms with Crippen molar-refractivity contribution in [2.45, 2.75) is 303 Å². The normalized spacial score (nSPS) is 14.9. The molecule has 2 unspecified atom stereocenters. The van der Waals surface area contributed by atoms with Crippen LogP contribution in [0.2, 0.25) is 0 Å². The molecule has 0 aliphatic heterocycles. The summed E-state index contributed by atoms with van der Waals surface area (Å²) in [6.45, 7) is 4.32. The van der Waals surface area contributed by atoms with E-state index in [-0.39, 0.29) is 25.7 Å². The second kappa shape index (κ2) is 80.7. The van der Waals surface area contributed by atoms with Gasteiger partial charge in [0.2, 0.25) is 0 Å². The fourth-order valence-corrected chi connectivity index (χ4v) is 11.6. The summed E-state index contributed by atoms with van der Waals surface area (Å²) in [5, 5.41) is 10.7. The molecule has 0 saturated carbocycles. The van der Waals surface area contributed by atoms with Gasteiger partial charge < -0.3 is 33.8 Å². The summed E-state index contributed by atoms with van der Waals surface area (Å²) in [7, 11) is -10.0. The number of phosphoric ester groups is 2. The minimum Gasteiger partial charge on any atom is -0.462 e. The Morgan fingerprint density at radius 1 is 0.264 bits per heavy atom. The quantitative estimate of drug-likeness (QED) is 0.0169. The van der Waals surface area contributed by atoms with Crippen LogP contribution in [-0.2, 0) is 65.4 Å². The van der Waals surface area contributed by atoms with Gasteiger partial charge in [-0.3, -0.25) is 37.3 Å². The second-order valence-electron chi connectivity index (χ2n) is 26.6. The molecule has 0 heterocycles. The maximum absolute atomic E-state index is 13.1. The van der Waals surface area contributed by atoms with Crippen molar-refractivity contribution < 1.29 is 80.2 Å². The minimum atomic E-state index is -5.02. The highest BCUT2D eigenvalue weighted by Gasteiger charge is 2.30. The molecule has 0 aliphatic carbocycles. The highest BCUT2D eigenvalue weighted by Crippen LogP contribution is 2.45. The molecule has 0 fully saturated rings. The zero-order chi connectivity index (χ0) is 80.3. The molecule has 19 heteroatoms. The van der Waals surface area contributed by atoms with Crippen LogP contribution in [-0.4, -0.2) is 96.7 Å². The van der Waals surface area contributed by atoms with E-state index in [1.165, 1.54) is 25.7 Å². The van der Waals surface area contributed by atoms with Gasteiger partial charge in [0.15, 0.2) is 12.2 Å². The Hall–Kier alpha value is -6.36. The van der Waals surface area contributed by atoms with Gasteiger partial charge in [-0.2, -0.15) is 0 Å². The Balaban J connectivity index is 5.53. The van der Waals surface area contributed by atoms with Gasteiger partial charge in [-0.15, -0.1) is 0 Å². The monoisotopic (exact) mass is 1570 g/mol. The summed E-state index contributed by atoms with van der Waals surface area (Å²) in [5.41, 5.74) is 0. The number of rotatable bonds is 75. The lowest BCUT2D eigenvalue weighted by atomic mass is 10.1. The Morgan fingerprint density at radius 2 is 0.491 bits per heavy atom. The van der Waals surface area contributed by atoms with Gasteiger partial charge in [0.25, 0.3) is 0 Å². The molecule has 0 aromatic carbocycles. The van der Waals surface area contributed by atoms with Crippen LogP contribution in [0.15, 0.2) is 207 Å². The molecule has 0 bridgehead atoms. The molecular weight excluding hydrogens is 1430 g/mol. The number of carbonyl (C=O) groups is 4. The van der Waals surface area contributed by atoms with Gasteiger partial charge in [0.1, 0.15) is 19.3 Å². The molecular formula is C91H144O17P2. The number of allylic oxidation sites excluding steroid dienone is 34. The largest absolute Gasteiger partial charge is 0.472 e. The average Bonchev–Trinajstić information content (AvgIpc) is 0.910. The van der Waals surface area contributed by atoms with Crippen molar-refractivity contribution in [2.24, 2.45) is 0 Å². The standard InChI is InChI=1S/C91H144O17P2/c1-5-9-13-17-21-25-29-33-36-39-42-45-48-52-55-59-63-67-71-75-88(93)101-81-86(107-90(95)77-73-69-65-61-57-51-32-28-24-20-16-12-8-4)83-105-109(97,98)103-79-85(92)80-104-110(99,100)106-84-87(108-91(96)78-74-70-66-62-58-54-50-47-44-41-38-35-31-27-23-19-15-11-7-3)82-102-89(94)76-72-68-64-60-56-53-49-46-43-40-37-34-30-26-22-18-14-10-6-2/h9-11,13-15,21-23,25-28,32-38,42-47,52-56,58,66,70,85-87,92H,5-8,12,16-20,24,29-31,39-41,48-51,57,59-65,67-69,71-84H2,1-4H3,(H,97,98)(H,99,100)/b13-9-,14-10-,15-11-,25-21-,26-22-,27-23-,32-28-,36-33-,37-34-,38-35-,45-42-,46-43-,47-44-,55-52-,56-53-,58-54-,70-66-/t85-,86+,87+/m0/s1. The van der Waals surface area contributed by atoms with E-state index in [0.29, 0.717) is 32.1 Å². The predicted molar refractivity (Wildman–Crippen MR) is 454 cm³/mol. The summed E-state index contributed by atoms with van der Waals surface area (Å²) in [5.74, 6) is -2.38. The van der Waals surface area contributed by atoms with E-state index in [2.05, 4.69) is 216 Å². The summed E-state index contributed by atoms with van der Waals surface area (Å²) in [6.07, 6.45) is 101. The van der Waals surface area contributed by atoms with Gasteiger partial charge in [-0.05, 0) is 180 Å². The van der Waals surface area contributed by atoms with Crippen molar-refractivity contribution in [1.29, 1.82) is 0 Å². The molecule has 620 valence electrons. The minimum absolute atomic E-state index is 0.0475. The zero-order valence-corrected chi connectivity index (χ0v) is 69.6. The van der Waals surface area contributed by atoms with Gasteiger partial charge in [-0.1, -0.05) is 286 Å². The summed E-state index contributed by atoms with van der Waals surface area (Å²) in [4.78, 5) is 73.1. The van der Waals surface area contributed by atoms with E-state index < -0.39 is 97.5 Å². The molecule has 17 nitrogen and oxygen atoms in total. The third-order valence-electron chi connectivity index (χ3n) is 16.2. The maximum atomic E-state index is 13.1. The van der Waals surface area contributed by atoms with Crippen LogP contribution in [0.25, 0.3) is 0 Å². The van der Waals surface area contributed by atoms with E-state index >= 15 is 0 Å². The number of esters is 4. The summed E-state index contributed by atoms with van der Waals surface area (Å²) in [6, 6.07) is 0. The fourth-order valence-electron chi connectivity index (χ4n) is 10.1. The lowest BCUT2D eigenvalue weighted by molar-refractivity contribution is -0.161. The van der Waals surface area contributed by atoms with E-state index in [4.69, 9.17) is 37.0 Å². The zero-order valence-electron chi connectivity index (χ0n) is 67.8. The molecule has 0 aliphatic rings. The molecule has 0 aromatic heterocycles. The number of unbranched alkanes of at least 4 members (excludes halogenated alkanes) is 15. The smallest absolute Gasteiger partial charge is 0.462 e. The van der Waals surface area contributed by atoms with Crippen molar-refractivity contribution in [3.8, 4) is 0 Å². The van der Waals surface area contributed by atoms with Crippen LogP contribution in [0.5, 0.6) is 0 Å². The molecule has 0 saturated heterocycles. The van der Waals surface area contributed by atoms with E-state index in [0.717, 1.165) is 173 Å². The maximum Gasteiger partial charge on any atom is 0.472 e. The molecule has 0 aromatic rings. The van der Waals surface area contributed by atoms with E-state index in [9.17, 15) is 43.2 Å². The molecule has 0 amide bonds. The molecule has 3 N–H and O–H groups in total. The summed E-state index contributed by atoms with van der Waals surface area (Å²) < 4.78 is 68.6. The molecule has 0 spiro atoms. The van der Waals surface area contributed by atoms with Crippen LogP contribution in [0.3, 0.4) is 0 Å². The highest BCUT2D eigenvalue weighted by atomic mass is 31.2. The van der Waals surface area contributed by atoms with Crippen LogP contribution in [0.4, 0.5) is 0 Å². The number of aliphatic hydroxyl groups is 1. The number of phosphoric acid groups is 2. The molecule has 5 atom stereocenters. The third-order valence-corrected chi connectivity index (χ3v) is 18.1. The lowest BCUT2D eigenvalue weighted by Crippen LogP contribution is -2.30. The van der Waals surface area contributed by atoms with Gasteiger partial charge in [0, 0.05) is 25.7 Å². The van der Waals surface area contributed by atoms with Crippen molar-refractivity contribution in [2.75, 3.05) is 39.6 Å². The molecule has 110 heavy (non-hydrogen) atoms. The second-order valence-corrected chi connectivity index (χ2v) is 29.5. The number of hydrogen-bond donors (Lipinski definition) is 3. The van der Waals surface area contributed by atoms with Crippen LogP contribution in [0, 0.1) is 0 Å². The number of aliphatic hydroxyl groups excluding tert-OH is 1. The molecule has 0 radical (unpaired) electrons.